The fourth-order valence-corrected chi connectivity index (χ4v) is 3.27. The zero-order chi connectivity index (χ0) is 19.7. The molecular formula is C19H19F2N5O2. The predicted molar refractivity (Wildman–Crippen MR) is 96.4 cm³/mol. The van der Waals surface area contributed by atoms with Crippen LogP contribution in [0.5, 0.6) is 5.88 Å². The van der Waals surface area contributed by atoms with Gasteiger partial charge in [0.1, 0.15) is 12.6 Å². The van der Waals surface area contributed by atoms with E-state index in [1.807, 2.05) is 37.5 Å². The van der Waals surface area contributed by atoms with Crippen molar-refractivity contribution in [1.82, 2.24) is 24.6 Å². The van der Waals surface area contributed by atoms with E-state index in [-0.39, 0.29) is 5.88 Å². The lowest BCUT2D eigenvalue weighted by Crippen LogP contribution is -2.21. The predicted octanol–water partition coefficient (Wildman–Crippen LogP) is 2.53. The van der Waals surface area contributed by atoms with Crippen LogP contribution in [0, 0.1) is 0 Å². The maximum Gasteiger partial charge on any atom is 0.272 e. The average Bonchev–Trinajstić information content (AvgIpc) is 3.25. The Balaban J connectivity index is 1.48. The molecule has 3 aromatic rings. The summed E-state index contributed by atoms with van der Waals surface area (Å²) in [6.07, 6.45) is 1.38. The lowest BCUT2D eigenvalue weighted by molar-refractivity contribution is 0.00429. The Kier molecular flexibility index (Phi) is 5.01. The van der Waals surface area contributed by atoms with E-state index in [2.05, 4.69) is 15.1 Å². The van der Waals surface area contributed by atoms with Crippen molar-refractivity contribution in [3.8, 4) is 17.0 Å². The Bertz CT molecular complexity index is 961. The Morgan fingerprint density at radius 1 is 1.21 bits per heavy atom. The van der Waals surface area contributed by atoms with Crippen LogP contribution >= 0.6 is 0 Å². The minimum atomic E-state index is -2.61. The number of halogens is 2. The summed E-state index contributed by atoms with van der Waals surface area (Å²) < 4.78 is 31.7. The first-order valence-electron chi connectivity index (χ1n) is 8.76. The van der Waals surface area contributed by atoms with E-state index in [4.69, 9.17) is 4.74 Å². The second-order valence-corrected chi connectivity index (χ2v) is 6.62. The van der Waals surface area contributed by atoms with Gasteiger partial charge in [-0.1, -0.05) is 24.3 Å². The van der Waals surface area contributed by atoms with Gasteiger partial charge in [-0.2, -0.15) is 5.10 Å². The first-order chi connectivity index (χ1) is 13.5. The van der Waals surface area contributed by atoms with Crippen LogP contribution in [0.3, 0.4) is 0 Å². The molecule has 0 radical (unpaired) electrons. The second kappa shape index (κ2) is 7.61. The van der Waals surface area contributed by atoms with Gasteiger partial charge in [-0.3, -0.25) is 9.58 Å². The summed E-state index contributed by atoms with van der Waals surface area (Å²) in [5.41, 5.74) is 4.02. The molecule has 0 fully saturated rings. The molecule has 1 aromatic carbocycles. The Hall–Kier alpha value is -2.91. The van der Waals surface area contributed by atoms with E-state index in [1.165, 1.54) is 6.33 Å². The third kappa shape index (κ3) is 3.71. The molecule has 1 atom stereocenters. The van der Waals surface area contributed by atoms with Gasteiger partial charge in [-0.25, -0.2) is 18.7 Å². The number of aryl methyl sites for hydroxylation is 1. The standard InChI is InChI=1S/C19H19F2N5O2/c1-25-8-14(6-24-25)13-4-2-12(3-5-13)7-26-9-15-17(19(26)27)18(23-11-22-15)28-10-16(20)21/h2-6,8,11,16,19,27H,7,9-10H2,1H3. The number of ether oxygens (including phenoxy) is 1. The number of nitrogens with zero attached hydrogens (tertiary/aromatic N) is 5. The number of benzene rings is 1. The maximum atomic E-state index is 12.4. The molecule has 9 heteroatoms. The number of rotatable bonds is 6. The molecule has 1 aliphatic heterocycles. The Labute approximate surface area is 160 Å². The summed E-state index contributed by atoms with van der Waals surface area (Å²) in [7, 11) is 1.87. The highest BCUT2D eigenvalue weighted by Gasteiger charge is 2.33. The topological polar surface area (TPSA) is 76.3 Å². The quantitative estimate of drug-likeness (QED) is 0.701. The SMILES string of the molecule is Cn1cc(-c2ccc(CN3Cc4ncnc(OCC(F)F)c4C3O)cc2)cn1. The monoisotopic (exact) mass is 387 g/mol. The first-order valence-corrected chi connectivity index (χ1v) is 8.76. The minimum absolute atomic E-state index is 0.00669. The first kappa shape index (κ1) is 18.5. The molecule has 4 rings (SSSR count). The van der Waals surface area contributed by atoms with Gasteiger partial charge in [-0.05, 0) is 11.1 Å². The van der Waals surface area contributed by atoms with Crippen LogP contribution in [0.2, 0.25) is 0 Å². The van der Waals surface area contributed by atoms with Crippen molar-refractivity contribution in [2.24, 2.45) is 7.05 Å². The zero-order valence-electron chi connectivity index (χ0n) is 15.2. The molecule has 3 heterocycles. The summed E-state index contributed by atoms with van der Waals surface area (Å²) in [4.78, 5) is 9.84. The molecule has 1 aliphatic rings. The highest BCUT2D eigenvalue weighted by molar-refractivity contribution is 5.61. The molecular weight excluding hydrogens is 368 g/mol. The lowest BCUT2D eigenvalue weighted by Gasteiger charge is -2.20. The number of aliphatic hydroxyl groups is 1. The molecule has 0 saturated carbocycles. The van der Waals surface area contributed by atoms with E-state index >= 15 is 0 Å². The third-order valence-corrected chi connectivity index (χ3v) is 4.61. The van der Waals surface area contributed by atoms with Crippen molar-refractivity contribution in [3.63, 3.8) is 0 Å². The second-order valence-electron chi connectivity index (χ2n) is 6.62. The summed E-state index contributed by atoms with van der Waals surface area (Å²) >= 11 is 0. The van der Waals surface area contributed by atoms with Crippen molar-refractivity contribution < 1.29 is 18.6 Å². The largest absolute Gasteiger partial charge is 0.471 e. The number of hydrogen-bond donors (Lipinski definition) is 1. The van der Waals surface area contributed by atoms with Gasteiger partial charge in [0.25, 0.3) is 6.43 Å². The van der Waals surface area contributed by atoms with Crippen molar-refractivity contribution in [3.05, 3.63) is 59.8 Å². The summed E-state index contributed by atoms with van der Waals surface area (Å²) in [6, 6.07) is 7.97. The van der Waals surface area contributed by atoms with Crippen LogP contribution in [0.4, 0.5) is 8.78 Å². The van der Waals surface area contributed by atoms with Crippen LogP contribution in [0.25, 0.3) is 11.1 Å². The molecule has 1 unspecified atom stereocenters. The Morgan fingerprint density at radius 3 is 2.68 bits per heavy atom. The normalized spacial score (nSPS) is 16.5. The smallest absolute Gasteiger partial charge is 0.272 e. The number of aromatic nitrogens is 4. The van der Waals surface area contributed by atoms with Crippen LogP contribution in [-0.2, 0) is 20.1 Å². The van der Waals surface area contributed by atoms with Crippen LogP contribution in [0.1, 0.15) is 23.0 Å². The highest BCUT2D eigenvalue weighted by Crippen LogP contribution is 2.36. The molecule has 0 aliphatic carbocycles. The van der Waals surface area contributed by atoms with Crippen molar-refractivity contribution in [1.29, 1.82) is 0 Å². The minimum Gasteiger partial charge on any atom is -0.471 e. The van der Waals surface area contributed by atoms with Crippen molar-refractivity contribution >= 4 is 0 Å². The van der Waals surface area contributed by atoms with E-state index in [1.54, 1.807) is 15.8 Å². The third-order valence-electron chi connectivity index (χ3n) is 4.61. The molecule has 1 N–H and O–H groups in total. The van der Waals surface area contributed by atoms with Gasteiger partial charge in [-0.15, -0.1) is 0 Å². The number of alkyl halides is 2. The van der Waals surface area contributed by atoms with Gasteiger partial charge in [0.15, 0.2) is 6.61 Å². The molecule has 0 spiro atoms. The average molecular weight is 387 g/mol. The van der Waals surface area contributed by atoms with E-state index in [0.717, 1.165) is 16.7 Å². The Morgan fingerprint density at radius 2 is 2.00 bits per heavy atom. The van der Waals surface area contributed by atoms with Gasteiger partial charge in [0.2, 0.25) is 5.88 Å². The molecule has 0 amide bonds. The summed E-state index contributed by atoms with van der Waals surface area (Å²) in [6.45, 7) is 0.0829. The molecule has 0 saturated heterocycles. The molecule has 0 bridgehead atoms. The number of aliphatic hydroxyl groups excluding tert-OH is 1. The van der Waals surface area contributed by atoms with Crippen molar-refractivity contribution in [2.75, 3.05) is 6.61 Å². The maximum absolute atomic E-state index is 12.4. The van der Waals surface area contributed by atoms with Gasteiger partial charge in [0.05, 0.1) is 17.5 Å². The fraction of sp³-hybridized carbons (Fsp3) is 0.316. The number of hydrogen-bond acceptors (Lipinski definition) is 6. The van der Waals surface area contributed by atoms with E-state index in [9.17, 15) is 13.9 Å². The molecule has 7 nitrogen and oxygen atoms in total. The lowest BCUT2D eigenvalue weighted by atomic mass is 10.1. The van der Waals surface area contributed by atoms with Crippen LogP contribution < -0.4 is 4.74 Å². The van der Waals surface area contributed by atoms with Gasteiger partial charge in [0, 0.05) is 31.9 Å². The van der Waals surface area contributed by atoms with Crippen LogP contribution in [0.15, 0.2) is 43.0 Å². The highest BCUT2D eigenvalue weighted by atomic mass is 19.3. The molecule has 2 aromatic heterocycles. The van der Waals surface area contributed by atoms with Gasteiger partial charge >= 0.3 is 0 Å². The molecule has 28 heavy (non-hydrogen) atoms. The molecule has 146 valence electrons. The summed E-state index contributed by atoms with van der Waals surface area (Å²) in [5.74, 6) is 0.00669. The van der Waals surface area contributed by atoms with Crippen LogP contribution in [-0.4, -0.2) is 42.8 Å². The van der Waals surface area contributed by atoms with Crippen molar-refractivity contribution in [2.45, 2.75) is 25.7 Å². The zero-order valence-corrected chi connectivity index (χ0v) is 15.2. The fourth-order valence-electron chi connectivity index (χ4n) is 3.27. The number of fused-ring (bicyclic) bond motifs is 1. The van der Waals surface area contributed by atoms with E-state index in [0.29, 0.717) is 24.3 Å². The van der Waals surface area contributed by atoms with E-state index < -0.39 is 19.3 Å². The van der Waals surface area contributed by atoms with Gasteiger partial charge < -0.3 is 9.84 Å². The summed E-state index contributed by atoms with van der Waals surface area (Å²) in [5, 5.41) is 14.8.